The van der Waals surface area contributed by atoms with E-state index >= 15 is 0 Å². The Bertz CT molecular complexity index is 314. The number of aliphatic hydroxyl groups excluding tert-OH is 1. The Morgan fingerprint density at radius 1 is 1.58 bits per heavy atom. The zero-order valence-electron chi connectivity index (χ0n) is 5.99. The highest BCUT2D eigenvalue weighted by Gasteiger charge is 2.02. The van der Waals surface area contributed by atoms with E-state index in [1.54, 1.807) is 0 Å². The molecule has 0 amide bonds. The summed E-state index contributed by atoms with van der Waals surface area (Å²) in [6, 6.07) is 3.46. The topological polar surface area (TPSA) is 60.4 Å². The van der Waals surface area contributed by atoms with Crippen molar-refractivity contribution in [2.45, 2.75) is 11.5 Å². The zero-order valence-corrected chi connectivity index (χ0v) is 6.81. The summed E-state index contributed by atoms with van der Waals surface area (Å²) in [7, 11) is 0. The van der Waals surface area contributed by atoms with Crippen LogP contribution in [-0.4, -0.2) is 13.9 Å². The van der Waals surface area contributed by atoms with Crippen molar-refractivity contribution in [1.82, 2.24) is 0 Å². The second-order valence-electron chi connectivity index (χ2n) is 2.16. The zero-order chi connectivity index (χ0) is 9.14. The SMILES string of the molecule is O=S([O-])c1ccc(CO)cc1F. The third-order valence-electron chi connectivity index (χ3n) is 1.36. The first-order valence-corrected chi connectivity index (χ1v) is 4.21. The van der Waals surface area contributed by atoms with Gasteiger partial charge in [-0.25, -0.2) is 4.39 Å². The second-order valence-corrected chi connectivity index (χ2v) is 3.07. The number of benzene rings is 1. The van der Waals surface area contributed by atoms with Gasteiger partial charge in [-0.1, -0.05) is 6.07 Å². The van der Waals surface area contributed by atoms with Crippen LogP contribution in [0.5, 0.6) is 0 Å². The Hall–Kier alpha value is -0.780. The molecular formula is C7H6FO3S-. The number of rotatable bonds is 2. The average Bonchev–Trinajstić information content (AvgIpc) is 2.03. The van der Waals surface area contributed by atoms with Crippen molar-refractivity contribution in [3.05, 3.63) is 29.6 Å². The number of aliphatic hydroxyl groups is 1. The minimum absolute atomic E-state index is 0.303. The molecule has 1 N–H and O–H groups in total. The molecule has 0 saturated carbocycles. The lowest BCUT2D eigenvalue weighted by Gasteiger charge is -2.06. The van der Waals surface area contributed by atoms with Gasteiger partial charge in [-0.3, -0.25) is 4.21 Å². The number of hydrogen-bond donors (Lipinski definition) is 1. The number of hydrogen-bond acceptors (Lipinski definition) is 3. The molecule has 0 aromatic heterocycles. The van der Waals surface area contributed by atoms with Crippen molar-refractivity contribution >= 4 is 11.1 Å². The smallest absolute Gasteiger partial charge is 0.138 e. The molecule has 1 aromatic carbocycles. The normalized spacial score (nSPS) is 12.9. The van der Waals surface area contributed by atoms with Gasteiger partial charge in [-0.15, -0.1) is 0 Å². The highest BCUT2D eigenvalue weighted by molar-refractivity contribution is 7.79. The Balaban J connectivity index is 3.12. The van der Waals surface area contributed by atoms with Crippen LogP contribution in [0.25, 0.3) is 0 Å². The van der Waals surface area contributed by atoms with Crippen LogP contribution in [0.15, 0.2) is 23.1 Å². The summed E-state index contributed by atoms with van der Waals surface area (Å²) in [5.74, 6) is -0.838. The van der Waals surface area contributed by atoms with Crippen LogP contribution in [0.4, 0.5) is 4.39 Å². The van der Waals surface area contributed by atoms with E-state index in [2.05, 4.69) is 0 Å². The lowest BCUT2D eigenvalue weighted by molar-refractivity contribution is 0.281. The molecule has 0 bridgehead atoms. The number of halogens is 1. The van der Waals surface area contributed by atoms with Gasteiger partial charge in [0.05, 0.1) is 11.5 Å². The fraction of sp³-hybridized carbons (Fsp3) is 0.143. The van der Waals surface area contributed by atoms with Gasteiger partial charge < -0.3 is 9.66 Å². The van der Waals surface area contributed by atoms with Crippen LogP contribution in [0, 0.1) is 5.82 Å². The van der Waals surface area contributed by atoms with Crippen LogP contribution < -0.4 is 0 Å². The maximum Gasteiger partial charge on any atom is 0.138 e. The van der Waals surface area contributed by atoms with Gasteiger partial charge in [-0.05, 0) is 28.8 Å². The van der Waals surface area contributed by atoms with E-state index in [0.29, 0.717) is 5.56 Å². The lowest BCUT2D eigenvalue weighted by Crippen LogP contribution is -1.95. The van der Waals surface area contributed by atoms with Crippen molar-refractivity contribution in [3.8, 4) is 0 Å². The van der Waals surface area contributed by atoms with Crippen molar-refractivity contribution in [2.75, 3.05) is 0 Å². The van der Waals surface area contributed by atoms with Gasteiger partial charge in [0.15, 0.2) is 0 Å². The van der Waals surface area contributed by atoms with Gasteiger partial charge in [0.1, 0.15) is 5.82 Å². The summed E-state index contributed by atoms with van der Waals surface area (Å²) in [5, 5.41) is 8.57. The van der Waals surface area contributed by atoms with E-state index in [4.69, 9.17) is 5.11 Å². The molecule has 1 unspecified atom stereocenters. The van der Waals surface area contributed by atoms with Crippen molar-refractivity contribution < 1.29 is 18.3 Å². The van der Waals surface area contributed by atoms with Crippen molar-refractivity contribution in [3.63, 3.8) is 0 Å². The molecule has 3 nitrogen and oxygen atoms in total. The second kappa shape index (κ2) is 3.75. The summed E-state index contributed by atoms with van der Waals surface area (Å²) in [4.78, 5) is -0.382. The fourth-order valence-corrected chi connectivity index (χ4v) is 1.18. The van der Waals surface area contributed by atoms with E-state index in [-0.39, 0.29) is 11.5 Å². The van der Waals surface area contributed by atoms with Crippen molar-refractivity contribution in [1.29, 1.82) is 0 Å². The maximum atomic E-state index is 12.8. The molecule has 1 rings (SSSR count). The minimum atomic E-state index is -2.56. The highest BCUT2D eigenvalue weighted by atomic mass is 32.2. The molecular weight excluding hydrogens is 183 g/mol. The summed E-state index contributed by atoms with van der Waals surface area (Å²) < 4.78 is 33.4. The predicted octanol–water partition coefficient (Wildman–Crippen LogP) is 0.556. The molecule has 0 saturated heterocycles. The molecule has 5 heteroatoms. The van der Waals surface area contributed by atoms with Gasteiger partial charge >= 0.3 is 0 Å². The molecule has 0 spiro atoms. The fourth-order valence-electron chi connectivity index (χ4n) is 0.778. The molecule has 0 radical (unpaired) electrons. The third kappa shape index (κ3) is 1.88. The third-order valence-corrected chi connectivity index (χ3v) is 2.05. The molecule has 0 heterocycles. The Kier molecular flexibility index (Phi) is 2.91. The summed E-state index contributed by atoms with van der Waals surface area (Å²) in [5.41, 5.74) is 0.349. The molecule has 0 fully saturated rings. The van der Waals surface area contributed by atoms with Gasteiger partial charge in [0, 0.05) is 0 Å². The van der Waals surface area contributed by atoms with Gasteiger partial charge in [-0.2, -0.15) is 0 Å². The van der Waals surface area contributed by atoms with Crippen LogP contribution in [0.2, 0.25) is 0 Å². The highest BCUT2D eigenvalue weighted by Crippen LogP contribution is 2.12. The predicted molar refractivity (Wildman–Crippen MR) is 39.5 cm³/mol. The molecule has 66 valence electrons. The molecule has 0 aliphatic carbocycles. The molecule has 0 aliphatic heterocycles. The standard InChI is InChI=1S/C7H7FO3S/c8-6-3-5(4-9)1-2-7(6)12(10)11/h1-3,9H,4H2,(H,10,11)/p-1. The molecule has 12 heavy (non-hydrogen) atoms. The monoisotopic (exact) mass is 189 g/mol. The summed E-state index contributed by atoms with van der Waals surface area (Å²) in [6.45, 7) is -0.303. The van der Waals surface area contributed by atoms with E-state index in [0.717, 1.165) is 12.1 Å². The first kappa shape index (κ1) is 9.31. The van der Waals surface area contributed by atoms with E-state index in [9.17, 15) is 13.2 Å². The molecule has 1 atom stereocenters. The Morgan fingerprint density at radius 2 is 2.25 bits per heavy atom. The largest absolute Gasteiger partial charge is 0.768 e. The van der Waals surface area contributed by atoms with Crippen LogP contribution >= 0.6 is 0 Å². The average molecular weight is 189 g/mol. The van der Waals surface area contributed by atoms with Gasteiger partial charge in [0.2, 0.25) is 0 Å². The van der Waals surface area contributed by atoms with E-state index < -0.39 is 16.9 Å². The van der Waals surface area contributed by atoms with Crippen molar-refractivity contribution in [2.24, 2.45) is 0 Å². The Labute approximate surface area is 71.1 Å². The first-order valence-electron chi connectivity index (χ1n) is 3.13. The molecule has 1 aromatic rings. The summed E-state index contributed by atoms with van der Waals surface area (Å²) in [6.07, 6.45) is 0. The van der Waals surface area contributed by atoms with Crippen LogP contribution in [-0.2, 0) is 17.7 Å². The van der Waals surface area contributed by atoms with E-state index in [1.807, 2.05) is 0 Å². The first-order chi connectivity index (χ1) is 5.65. The quantitative estimate of drug-likeness (QED) is 0.691. The minimum Gasteiger partial charge on any atom is -0.768 e. The van der Waals surface area contributed by atoms with E-state index in [1.165, 1.54) is 6.07 Å². The molecule has 0 aliphatic rings. The Morgan fingerprint density at radius 3 is 2.67 bits per heavy atom. The lowest BCUT2D eigenvalue weighted by atomic mass is 10.2. The van der Waals surface area contributed by atoms with Crippen LogP contribution in [0.1, 0.15) is 5.56 Å². The van der Waals surface area contributed by atoms with Crippen LogP contribution in [0.3, 0.4) is 0 Å². The maximum absolute atomic E-state index is 12.8. The van der Waals surface area contributed by atoms with Gasteiger partial charge in [0.25, 0.3) is 0 Å². The summed E-state index contributed by atoms with van der Waals surface area (Å²) >= 11 is -2.56.